The van der Waals surface area contributed by atoms with Gasteiger partial charge in [0.15, 0.2) is 5.16 Å². The lowest BCUT2D eigenvalue weighted by Crippen LogP contribution is -2.49. The zero-order valence-electron chi connectivity index (χ0n) is 18.7. The Morgan fingerprint density at radius 3 is 2.68 bits per heavy atom. The molecule has 1 atom stereocenters. The molecule has 0 aliphatic heterocycles. The van der Waals surface area contributed by atoms with Gasteiger partial charge in [-0.3, -0.25) is 19.5 Å². The molecule has 10 heteroatoms. The Morgan fingerprint density at radius 2 is 2.00 bits per heavy atom. The van der Waals surface area contributed by atoms with E-state index < -0.39 is 22.7 Å². The van der Waals surface area contributed by atoms with Crippen molar-refractivity contribution in [2.45, 2.75) is 75.9 Å². The van der Waals surface area contributed by atoms with Crippen LogP contribution in [0.25, 0.3) is 10.2 Å². The number of carbonyl (C=O) groups is 2. The van der Waals surface area contributed by atoms with Gasteiger partial charge in [-0.25, -0.2) is 9.78 Å². The molecule has 8 nitrogen and oxygen atoms in total. The Balaban J connectivity index is 1.88. The van der Waals surface area contributed by atoms with E-state index in [2.05, 4.69) is 10.6 Å². The highest BCUT2D eigenvalue weighted by atomic mass is 32.2. The van der Waals surface area contributed by atoms with Crippen LogP contribution in [0.4, 0.5) is 4.79 Å². The molecule has 0 radical (unpaired) electrons. The van der Waals surface area contributed by atoms with Gasteiger partial charge in [0, 0.05) is 17.5 Å². The number of ether oxygens (including phenoxy) is 1. The average Bonchev–Trinajstić information content (AvgIpc) is 3.04. The van der Waals surface area contributed by atoms with Crippen molar-refractivity contribution in [2.24, 2.45) is 0 Å². The summed E-state index contributed by atoms with van der Waals surface area (Å²) in [4.78, 5) is 44.7. The van der Waals surface area contributed by atoms with E-state index in [1.807, 2.05) is 20.8 Å². The van der Waals surface area contributed by atoms with Gasteiger partial charge in [-0.2, -0.15) is 0 Å². The number of rotatable bonds is 6. The number of hydrogen-bond donors (Lipinski definition) is 2. The van der Waals surface area contributed by atoms with Crippen LogP contribution in [0, 0.1) is 0 Å². The number of imide groups is 1. The van der Waals surface area contributed by atoms with E-state index in [9.17, 15) is 14.4 Å². The van der Waals surface area contributed by atoms with Crippen molar-refractivity contribution in [1.29, 1.82) is 0 Å². The van der Waals surface area contributed by atoms with Gasteiger partial charge in [-0.15, -0.1) is 11.3 Å². The zero-order valence-corrected chi connectivity index (χ0v) is 20.3. The number of aryl methyl sites for hydroxylation is 2. The number of fused-ring (bicyclic) bond motifs is 3. The van der Waals surface area contributed by atoms with Crippen LogP contribution in [0.2, 0.25) is 0 Å². The number of thiophene rings is 1. The normalized spacial score (nSPS) is 14.9. The lowest BCUT2D eigenvalue weighted by Gasteiger charge is -2.21. The molecule has 2 aromatic rings. The second-order valence-electron chi connectivity index (χ2n) is 8.69. The van der Waals surface area contributed by atoms with Crippen LogP contribution < -0.4 is 16.2 Å². The van der Waals surface area contributed by atoms with Gasteiger partial charge in [-0.1, -0.05) is 11.8 Å². The first-order chi connectivity index (χ1) is 14.6. The minimum Gasteiger partial charge on any atom is -0.383 e. The molecule has 0 saturated heterocycles. The SMILES string of the molecule is COCCn1c(SC(C)C(=O)NC(=O)NC(C)(C)C)nc2sc3c(c2c1=O)CCCC3. The average molecular weight is 467 g/mol. The summed E-state index contributed by atoms with van der Waals surface area (Å²) in [6.07, 6.45) is 4.11. The number of hydrogen-bond acceptors (Lipinski definition) is 7. The molecule has 2 aromatic heterocycles. The van der Waals surface area contributed by atoms with Crippen LogP contribution in [-0.4, -0.2) is 46.0 Å². The van der Waals surface area contributed by atoms with Gasteiger partial charge in [-0.05, 0) is 58.9 Å². The number of urea groups is 1. The Hall–Kier alpha value is -1.91. The fourth-order valence-electron chi connectivity index (χ4n) is 3.49. The van der Waals surface area contributed by atoms with Crippen LogP contribution in [0.1, 0.15) is 51.0 Å². The topological polar surface area (TPSA) is 102 Å². The molecule has 170 valence electrons. The van der Waals surface area contributed by atoms with Gasteiger partial charge in [0.2, 0.25) is 5.91 Å². The lowest BCUT2D eigenvalue weighted by molar-refractivity contribution is -0.119. The molecular weight excluding hydrogens is 436 g/mol. The van der Waals surface area contributed by atoms with Crippen LogP contribution in [0.3, 0.4) is 0 Å². The summed E-state index contributed by atoms with van der Waals surface area (Å²) in [7, 11) is 1.58. The third-order valence-corrected chi connectivity index (χ3v) is 7.21. The first kappa shape index (κ1) is 23.7. The predicted octanol–water partition coefficient (Wildman–Crippen LogP) is 3.09. The molecular formula is C21H30N4O4S2. The van der Waals surface area contributed by atoms with Crippen LogP contribution >= 0.6 is 23.1 Å². The Labute approximate surface area is 190 Å². The molecule has 2 heterocycles. The summed E-state index contributed by atoms with van der Waals surface area (Å²) in [6.45, 7) is 7.92. The van der Waals surface area contributed by atoms with Crippen LogP contribution in [-0.2, 0) is 28.9 Å². The molecule has 3 amide bonds. The summed E-state index contributed by atoms with van der Waals surface area (Å²) in [6, 6.07) is -0.545. The van der Waals surface area contributed by atoms with Gasteiger partial charge in [0.25, 0.3) is 5.56 Å². The molecule has 3 rings (SSSR count). The summed E-state index contributed by atoms with van der Waals surface area (Å²) in [5, 5.41) is 5.63. The third kappa shape index (κ3) is 5.67. The maximum absolute atomic E-state index is 13.4. The maximum Gasteiger partial charge on any atom is 0.321 e. The van der Waals surface area contributed by atoms with Crippen LogP contribution in [0.5, 0.6) is 0 Å². The maximum atomic E-state index is 13.4. The molecule has 1 aliphatic rings. The van der Waals surface area contributed by atoms with E-state index in [0.29, 0.717) is 23.7 Å². The number of methoxy groups -OCH3 is 1. The fourth-order valence-corrected chi connectivity index (χ4v) is 5.72. The Kier molecular flexibility index (Phi) is 7.43. The predicted molar refractivity (Wildman–Crippen MR) is 124 cm³/mol. The smallest absolute Gasteiger partial charge is 0.321 e. The second-order valence-corrected chi connectivity index (χ2v) is 11.1. The Bertz CT molecular complexity index is 1040. The minimum atomic E-state index is -0.613. The largest absolute Gasteiger partial charge is 0.383 e. The van der Waals surface area contributed by atoms with Crippen molar-refractivity contribution in [3.8, 4) is 0 Å². The zero-order chi connectivity index (χ0) is 22.8. The highest BCUT2D eigenvalue weighted by molar-refractivity contribution is 8.00. The van der Waals surface area contributed by atoms with Crippen LogP contribution in [0.15, 0.2) is 9.95 Å². The summed E-state index contributed by atoms with van der Waals surface area (Å²) < 4.78 is 6.78. The standard InChI is InChI=1S/C21H30N4O4S2/c1-12(16(26)22-19(28)24-21(2,3)4)30-20-23-17-15(18(27)25(20)10-11-29-5)13-8-6-7-9-14(13)31-17/h12H,6-11H2,1-5H3,(H2,22,24,26,28). The third-order valence-electron chi connectivity index (χ3n) is 4.94. The fraction of sp³-hybridized carbons (Fsp3) is 0.619. The van der Waals surface area contributed by atoms with Crippen molar-refractivity contribution in [3.05, 3.63) is 20.8 Å². The molecule has 31 heavy (non-hydrogen) atoms. The van der Waals surface area contributed by atoms with Crippen molar-refractivity contribution in [3.63, 3.8) is 0 Å². The van der Waals surface area contributed by atoms with Gasteiger partial charge < -0.3 is 10.1 Å². The van der Waals surface area contributed by atoms with E-state index in [1.54, 1.807) is 29.9 Å². The van der Waals surface area contributed by atoms with Crippen molar-refractivity contribution < 1.29 is 14.3 Å². The number of amides is 3. The molecule has 2 N–H and O–H groups in total. The molecule has 0 fully saturated rings. The van der Waals surface area contributed by atoms with Crippen molar-refractivity contribution >= 4 is 45.3 Å². The molecule has 0 saturated carbocycles. The first-order valence-electron chi connectivity index (χ1n) is 10.4. The Morgan fingerprint density at radius 1 is 1.29 bits per heavy atom. The molecule has 0 aromatic carbocycles. The quantitative estimate of drug-likeness (QED) is 0.501. The summed E-state index contributed by atoms with van der Waals surface area (Å²) >= 11 is 2.75. The molecule has 0 spiro atoms. The lowest BCUT2D eigenvalue weighted by atomic mass is 9.97. The number of nitrogens with one attached hydrogen (secondary N) is 2. The monoisotopic (exact) mass is 466 g/mol. The number of thioether (sulfide) groups is 1. The van der Waals surface area contributed by atoms with E-state index in [4.69, 9.17) is 9.72 Å². The van der Waals surface area contributed by atoms with E-state index in [1.165, 1.54) is 16.6 Å². The summed E-state index contributed by atoms with van der Waals surface area (Å²) in [5.74, 6) is -0.440. The van der Waals surface area contributed by atoms with Gasteiger partial charge in [0.1, 0.15) is 4.83 Å². The molecule has 1 aliphatic carbocycles. The molecule has 1 unspecified atom stereocenters. The molecule has 0 bridgehead atoms. The van der Waals surface area contributed by atoms with E-state index >= 15 is 0 Å². The van der Waals surface area contributed by atoms with E-state index in [0.717, 1.165) is 36.1 Å². The first-order valence-corrected chi connectivity index (χ1v) is 12.1. The van der Waals surface area contributed by atoms with E-state index in [-0.39, 0.29) is 5.56 Å². The number of aromatic nitrogens is 2. The van der Waals surface area contributed by atoms with Crippen molar-refractivity contribution in [2.75, 3.05) is 13.7 Å². The van der Waals surface area contributed by atoms with Crippen molar-refractivity contribution in [1.82, 2.24) is 20.2 Å². The number of carbonyl (C=O) groups excluding carboxylic acids is 2. The highest BCUT2D eigenvalue weighted by Gasteiger charge is 2.25. The van der Waals surface area contributed by atoms with Gasteiger partial charge >= 0.3 is 6.03 Å². The highest BCUT2D eigenvalue weighted by Crippen LogP contribution is 2.35. The minimum absolute atomic E-state index is 0.0815. The van der Waals surface area contributed by atoms with Gasteiger partial charge in [0.05, 0.1) is 23.8 Å². The second kappa shape index (κ2) is 9.70. The summed E-state index contributed by atoms with van der Waals surface area (Å²) in [5.41, 5.74) is 0.602. The number of nitrogens with zero attached hydrogens (tertiary/aromatic N) is 2.